The molecule has 4 aliphatic rings. The molecule has 0 aromatic heterocycles. The summed E-state index contributed by atoms with van der Waals surface area (Å²) in [5.41, 5.74) is 9.59. The predicted octanol–water partition coefficient (Wildman–Crippen LogP) is 5.26. The second kappa shape index (κ2) is 8.98. The van der Waals surface area contributed by atoms with Gasteiger partial charge in [0.2, 0.25) is 0 Å². The van der Waals surface area contributed by atoms with E-state index in [9.17, 15) is 9.59 Å². The topological polar surface area (TPSA) is 93.8 Å². The van der Waals surface area contributed by atoms with Crippen molar-refractivity contribution in [2.75, 3.05) is 7.11 Å². The van der Waals surface area contributed by atoms with Gasteiger partial charge in [0.15, 0.2) is 0 Å². The highest BCUT2D eigenvalue weighted by Crippen LogP contribution is 2.68. The zero-order chi connectivity index (χ0) is 23.1. The Kier molecular flexibility index (Phi) is 6.61. The van der Waals surface area contributed by atoms with Crippen LogP contribution < -0.4 is 11.2 Å². The molecule has 0 heterocycles. The highest BCUT2D eigenvalue weighted by molar-refractivity contribution is 5.87. The first-order valence-electron chi connectivity index (χ1n) is 12.9. The monoisotopic (exact) mass is 445 g/mol. The Bertz CT molecular complexity index is 767. The number of carbonyl (C=O) groups excluding carboxylic acids is 2. The zero-order valence-corrected chi connectivity index (χ0v) is 20.5. The number of primary amides is 1. The third kappa shape index (κ3) is 4.07. The lowest BCUT2D eigenvalue weighted by Gasteiger charge is -2.60. The number of esters is 1. The molecule has 180 valence electrons. The largest absolute Gasteiger partial charge is 0.469 e. The van der Waals surface area contributed by atoms with Crippen LogP contribution in [0.2, 0.25) is 0 Å². The number of urea groups is 1. The van der Waals surface area contributed by atoms with E-state index in [1.807, 2.05) is 0 Å². The van der Waals surface area contributed by atoms with E-state index in [1.54, 1.807) is 0 Å². The van der Waals surface area contributed by atoms with E-state index in [4.69, 9.17) is 10.5 Å². The molecule has 0 bridgehead atoms. The standard InChI is InChI=1S/C26H43N3O3/c1-16(5-10-23(30)32-4)20-8-9-21-19-7-6-17-15-18(28-29-24(27)31)11-13-25(17,2)22(19)12-14-26(20,21)3/h16-17,19-22H,5-15H2,1-4H3,(H3,27,29,31)/b28-18-/t16-,17+,19+,20+,21-,22-,25-,26+/m0/s1. The summed E-state index contributed by atoms with van der Waals surface area (Å²) in [6.45, 7) is 7.50. The fourth-order valence-corrected chi connectivity index (χ4v) is 8.92. The number of nitrogens with one attached hydrogen (secondary N) is 1. The Morgan fingerprint density at radius 1 is 1.12 bits per heavy atom. The number of rotatable bonds is 5. The van der Waals surface area contributed by atoms with Crippen molar-refractivity contribution in [3.05, 3.63) is 0 Å². The molecule has 0 aromatic rings. The van der Waals surface area contributed by atoms with Gasteiger partial charge in [0.25, 0.3) is 0 Å². The summed E-state index contributed by atoms with van der Waals surface area (Å²) in [5, 5.41) is 4.30. The van der Waals surface area contributed by atoms with Crippen molar-refractivity contribution in [3.63, 3.8) is 0 Å². The average molecular weight is 446 g/mol. The summed E-state index contributed by atoms with van der Waals surface area (Å²) in [6.07, 6.45) is 12.7. The first-order valence-corrected chi connectivity index (χ1v) is 12.9. The Hall–Kier alpha value is -1.59. The summed E-state index contributed by atoms with van der Waals surface area (Å²) in [4.78, 5) is 22.7. The normalized spacial score (nSPS) is 43.0. The van der Waals surface area contributed by atoms with Crippen molar-refractivity contribution in [2.24, 2.45) is 57.2 Å². The lowest BCUT2D eigenvalue weighted by Crippen LogP contribution is -2.54. The average Bonchev–Trinajstić information content (AvgIpc) is 3.12. The minimum absolute atomic E-state index is 0.0715. The van der Waals surface area contributed by atoms with Gasteiger partial charge >= 0.3 is 12.0 Å². The molecule has 2 amide bonds. The molecule has 0 unspecified atom stereocenters. The molecule has 4 rings (SSSR count). The lowest BCUT2D eigenvalue weighted by atomic mass is 9.44. The quantitative estimate of drug-likeness (QED) is 0.446. The third-order valence-corrected chi connectivity index (χ3v) is 10.6. The van der Waals surface area contributed by atoms with Crippen LogP contribution in [0.3, 0.4) is 0 Å². The SMILES string of the molecule is COC(=O)CC[C@H](C)[C@H]1CC[C@H]2[C@H]3CC[C@@H]4C/C(=N\NC(N)=O)CC[C@]4(C)[C@H]3CC[C@]12C. The molecule has 0 aromatic carbocycles. The van der Waals surface area contributed by atoms with Gasteiger partial charge in [-0.05, 0) is 111 Å². The Labute approximate surface area is 193 Å². The number of methoxy groups -OCH3 is 1. The lowest BCUT2D eigenvalue weighted by molar-refractivity contribution is -0.141. The highest BCUT2D eigenvalue weighted by atomic mass is 16.5. The molecule has 4 saturated carbocycles. The van der Waals surface area contributed by atoms with Crippen molar-refractivity contribution in [3.8, 4) is 0 Å². The third-order valence-electron chi connectivity index (χ3n) is 10.6. The van der Waals surface area contributed by atoms with Crippen molar-refractivity contribution in [2.45, 2.75) is 91.4 Å². The molecule has 4 aliphatic carbocycles. The van der Waals surface area contributed by atoms with Crippen LogP contribution in [-0.2, 0) is 9.53 Å². The van der Waals surface area contributed by atoms with Crippen LogP contribution in [0, 0.1) is 46.3 Å². The first kappa shape index (κ1) is 23.6. The molecule has 0 aliphatic heterocycles. The molecule has 3 N–H and O–H groups in total. The van der Waals surface area contributed by atoms with Crippen LogP contribution in [0.25, 0.3) is 0 Å². The first-order chi connectivity index (χ1) is 15.2. The molecular weight excluding hydrogens is 402 g/mol. The van der Waals surface area contributed by atoms with Crippen molar-refractivity contribution >= 4 is 17.7 Å². The maximum atomic E-state index is 11.7. The summed E-state index contributed by atoms with van der Waals surface area (Å²) >= 11 is 0. The second-order valence-electron chi connectivity index (χ2n) is 11.8. The van der Waals surface area contributed by atoms with Gasteiger partial charge in [0.05, 0.1) is 7.11 Å². The van der Waals surface area contributed by atoms with Crippen LogP contribution in [-0.4, -0.2) is 24.8 Å². The molecule has 32 heavy (non-hydrogen) atoms. The molecule has 8 atom stereocenters. The van der Waals surface area contributed by atoms with Crippen LogP contribution in [0.5, 0.6) is 0 Å². The molecular formula is C26H43N3O3. The predicted molar refractivity (Wildman–Crippen MR) is 126 cm³/mol. The van der Waals surface area contributed by atoms with E-state index >= 15 is 0 Å². The smallest absolute Gasteiger partial charge is 0.332 e. The van der Waals surface area contributed by atoms with Crippen LogP contribution in [0.1, 0.15) is 91.4 Å². The van der Waals surface area contributed by atoms with Gasteiger partial charge in [0.1, 0.15) is 0 Å². The van der Waals surface area contributed by atoms with Gasteiger partial charge in [-0.2, -0.15) is 5.10 Å². The Morgan fingerprint density at radius 3 is 2.59 bits per heavy atom. The van der Waals surface area contributed by atoms with Gasteiger partial charge in [-0.15, -0.1) is 0 Å². The van der Waals surface area contributed by atoms with Gasteiger partial charge in [-0.1, -0.05) is 20.8 Å². The van der Waals surface area contributed by atoms with Crippen LogP contribution in [0.4, 0.5) is 4.79 Å². The van der Waals surface area contributed by atoms with Crippen LogP contribution >= 0.6 is 0 Å². The van der Waals surface area contributed by atoms with Gasteiger partial charge in [-0.3, -0.25) is 4.79 Å². The maximum absolute atomic E-state index is 11.7. The number of hydrogen-bond donors (Lipinski definition) is 2. The fourth-order valence-electron chi connectivity index (χ4n) is 8.92. The number of carbonyl (C=O) groups is 2. The van der Waals surface area contributed by atoms with Crippen LogP contribution in [0.15, 0.2) is 5.10 Å². The van der Waals surface area contributed by atoms with E-state index in [0.717, 1.165) is 48.6 Å². The summed E-state index contributed by atoms with van der Waals surface area (Å²) < 4.78 is 4.89. The summed E-state index contributed by atoms with van der Waals surface area (Å²) in [6, 6.07) is -0.572. The Morgan fingerprint density at radius 2 is 1.88 bits per heavy atom. The minimum atomic E-state index is -0.572. The van der Waals surface area contributed by atoms with Gasteiger partial charge < -0.3 is 10.5 Å². The number of hydrazone groups is 1. The Balaban J connectivity index is 1.45. The highest BCUT2D eigenvalue weighted by Gasteiger charge is 2.60. The fraction of sp³-hybridized carbons (Fsp3) is 0.885. The van der Waals surface area contributed by atoms with Crippen molar-refractivity contribution in [1.29, 1.82) is 0 Å². The molecule has 6 heteroatoms. The van der Waals surface area contributed by atoms with E-state index < -0.39 is 6.03 Å². The van der Waals surface area contributed by atoms with Crippen molar-refractivity contribution < 1.29 is 14.3 Å². The number of amides is 2. The molecule has 4 fully saturated rings. The number of fused-ring (bicyclic) bond motifs is 5. The van der Waals surface area contributed by atoms with E-state index in [0.29, 0.717) is 29.1 Å². The molecule has 0 saturated heterocycles. The van der Waals surface area contributed by atoms with E-state index in [2.05, 4.69) is 31.3 Å². The maximum Gasteiger partial charge on any atom is 0.332 e. The minimum Gasteiger partial charge on any atom is -0.469 e. The molecule has 6 nitrogen and oxygen atoms in total. The van der Waals surface area contributed by atoms with Crippen molar-refractivity contribution in [1.82, 2.24) is 5.43 Å². The number of nitrogens with zero attached hydrogens (tertiary/aromatic N) is 1. The summed E-state index contributed by atoms with van der Waals surface area (Å²) in [7, 11) is 1.49. The van der Waals surface area contributed by atoms with E-state index in [1.165, 1.54) is 52.1 Å². The van der Waals surface area contributed by atoms with Gasteiger partial charge in [-0.25, -0.2) is 10.2 Å². The van der Waals surface area contributed by atoms with E-state index in [-0.39, 0.29) is 5.97 Å². The number of hydrogen-bond acceptors (Lipinski definition) is 4. The second-order valence-corrected chi connectivity index (χ2v) is 11.8. The number of nitrogens with two attached hydrogens (primary N) is 1. The zero-order valence-electron chi connectivity index (χ0n) is 20.5. The van der Waals surface area contributed by atoms with Gasteiger partial charge in [0, 0.05) is 12.1 Å². The molecule has 0 spiro atoms. The molecule has 0 radical (unpaired) electrons. The summed E-state index contributed by atoms with van der Waals surface area (Å²) in [5.74, 6) is 4.40. The number of ether oxygens (including phenoxy) is 1.